The molecule has 0 amide bonds. The maximum Gasteiger partial charge on any atom is 0.341 e. The largest absolute Gasteiger partial charge is 0.477 e. The van der Waals surface area contributed by atoms with Crippen molar-refractivity contribution in [3.05, 3.63) is 70.3 Å². The predicted octanol–water partition coefficient (Wildman–Crippen LogP) is 4.28. The number of pyridine rings is 1. The van der Waals surface area contributed by atoms with Gasteiger partial charge in [-0.05, 0) is 54.3 Å². The van der Waals surface area contributed by atoms with Crippen LogP contribution in [0.3, 0.4) is 0 Å². The summed E-state index contributed by atoms with van der Waals surface area (Å²) in [6.07, 6.45) is 3.51. The molecule has 2 fully saturated rings. The second kappa shape index (κ2) is 7.29. The van der Waals surface area contributed by atoms with Gasteiger partial charge in [0.05, 0.1) is 11.1 Å². The molecule has 8 heteroatoms. The average Bonchev–Trinajstić information content (AvgIpc) is 3.27. The average molecular weight is 471 g/mol. The maximum atomic E-state index is 15.8. The number of rotatable bonds is 2. The molecular weight excluding hydrogens is 449 g/mol. The first-order valence-electron chi connectivity index (χ1n) is 11.8. The van der Waals surface area contributed by atoms with Gasteiger partial charge in [-0.15, -0.1) is 0 Å². The number of nitrogens with one attached hydrogen (secondary N) is 1. The number of aromatic nitrogens is 1. The number of piperidine rings is 1. The van der Waals surface area contributed by atoms with Crippen molar-refractivity contribution in [1.29, 1.82) is 0 Å². The number of benzene rings is 3. The Kier molecular flexibility index (Phi) is 4.26. The SMILES string of the molecule is O=C(O)c1cn2c3c(c(N4CC5CCCNC5C4)c(F)cc3c1=O)Oc1cc3ccccc3cc1-2. The zero-order valence-corrected chi connectivity index (χ0v) is 18.8. The van der Waals surface area contributed by atoms with Crippen LogP contribution in [0.5, 0.6) is 11.5 Å². The number of carboxylic acid groups (broad SMARTS) is 1. The van der Waals surface area contributed by atoms with E-state index in [-0.39, 0.29) is 17.2 Å². The van der Waals surface area contributed by atoms with E-state index in [0.29, 0.717) is 41.6 Å². The van der Waals surface area contributed by atoms with Crippen LogP contribution in [-0.2, 0) is 0 Å². The summed E-state index contributed by atoms with van der Waals surface area (Å²) in [6, 6.07) is 13.0. The number of ether oxygens (including phenoxy) is 1. The van der Waals surface area contributed by atoms with E-state index in [1.807, 2.05) is 41.3 Å². The monoisotopic (exact) mass is 471 g/mol. The van der Waals surface area contributed by atoms with Crippen LogP contribution in [0.1, 0.15) is 23.2 Å². The second-order valence-electron chi connectivity index (χ2n) is 9.62. The zero-order valence-electron chi connectivity index (χ0n) is 18.8. The first kappa shape index (κ1) is 20.5. The van der Waals surface area contributed by atoms with Crippen molar-refractivity contribution in [2.45, 2.75) is 18.9 Å². The molecule has 3 aromatic carbocycles. The number of fused-ring (bicyclic) bond motifs is 4. The highest BCUT2D eigenvalue weighted by Crippen LogP contribution is 2.48. The number of nitrogens with zero attached hydrogens (tertiary/aromatic N) is 2. The van der Waals surface area contributed by atoms with Crippen LogP contribution >= 0.6 is 0 Å². The molecule has 2 saturated heterocycles. The molecule has 35 heavy (non-hydrogen) atoms. The third kappa shape index (κ3) is 2.93. The molecule has 0 aliphatic carbocycles. The third-order valence-corrected chi connectivity index (χ3v) is 7.62. The van der Waals surface area contributed by atoms with E-state index in [2.05, 4.69) is 5.32 Å². The maximum absolute atomic E-state index is 15.8. The van der Waals surface area contributed by atoms with Crippen molar-refractivity contribution in [3.63, 3.8) is 0 Å². The Labute approximate surface area is 199 Å². The van der Waals surface area contributed by atoms with Crippen LogP contribution in [0.25, 0.3) is 27.4 Å². The molecule has 3 aliphatic rings. The van der Waals surface area contributed by atoms with Gasteiger partial charge in [0.1, 0.15) is 16.8 Å². The highest BCUT2D eigenvalue weighted by Gasteiger charge is 2.38. The van der Waals surface area contributed by atoms with E-state index >= 15 is 4.39 Å². The fourth-order valence-electron chi connectivity index (χ4n) is 5.97. The number of aromatic carboxylic acids is 1. The number of hydrogen-bond acceptors (Lipinski definition) is 5. The fourth-order valence-corrected chi connectivity index (χ4v) is 5.97. The summed E-state index contributed by atoms with van der Waals surface area (Å²) in [5.74, 6) is -0.770. The van der Waals surface area contributed by atoms with Crippen LogP contribution in [0.4, 0.5) is 10.1 Å². The lowest BCUT2D eigenvalue weighted by Crippen LogP contribution is -2.40. The molecule has 0 radical (unpaired) electrons. The van der Waals surface area contributed by atoms with Crippen molar-refractivity contribution in [2.75, 3.05) is 24.5 Å². The standard InChI is InChI=1S/C27H22FN3O4/c28-19-10-17-23-26(24(19)30-11-16-6-3-7-29-20(16)13-30)35-22-9-15-5-2-1-4-14(15)8-21(22)31(23)12-18(25(17)32)27(33)34/h1-2,4-5,8-10,12,16,20,29H,3,6-7,11,13H2,(H,33,34). The summed E-state index contributed by atoms with van der Waals surface area (Å²) in [7, 11) is 0. The minimum atomic E-state index is -1.35. The molecule has 4 heterocycles. The topological polar surface area (TPSA) is 83.8 Å². The summed E-state index contributed by atoms with van der Waals surface area (Å²) >= 11 is 0. The van der Waals surface area contributed by atoms with Crippen LogP contribution in [0.2, 0.25) is 0 Å². The van der Waals surface area contributed by atoms with Crippen molar-refractivity contribution in [3.8, 4) is 17.2 Å². The molecule has 1 aromatic heterocycles. The van der Waals surface area contributed by atoms with Crippen molar-refractivity contribution in [2.24, 2.45) is 5.92 Å². The van der Waals surface area contributed by atoms with Crippen LogP contribution < -0.4 is 20.4 Å². The quantitative estimate of drug-likeness (QED) is 0.400. The minimum absolute atomic E-state index is 0.00491. The van der Waals surface area contributed by atoms with Gasteiger partial charge in [0.15, 0.2) is 17.3 Å². The van der Waals surface area contributed by atoms with E-state index in [0.717, 1.165) is 30.2 Å². The summed E-state index contributed by atoms with van der Waals surface area (Å²) in [4.78, 5) is 27.0. The number of hydrogen-bond donors (Lipinski definition) is 2. The number of carbonyl (C=O) groups is 1. The Bertz CT molecular complexity index is 1620. The lowest BCUT2D eigenvalue weighted by atomic mass is 9.94. The molecule has 0 saturated carbocycles. The molecule has 176 valence electrons. The summed E-state index contributed by atoms with van der Waals surface area (Å²) in [5.41, 5.74) is 0.191. The second-order valence-corrected chi connectivity index (χ2v) is 9.62. The first-order valence-corrected chi connectivity index (χ1v) is 11.8. The van der Waals surface area contributed by atoms with E-state index < -0.39 is 22.8 Å². The lowest BCUT2D eigenvalue weighted by molar-refractivity contribution is 0.0695. The molecule has 0 bridgehead atoms. The molecule has 7 nitrogen and oxygen atoms in total. The van der Waals surface area contributed by atoms with Crippen LogP contribution in [0, 0.1) is 11.7 Å². The highest BCUT2D eigenvalue weighted by molar-refractivity contribution is 6.00. The summed E-state index contributed by atoms with van der Waals surface area (Å²) in [5, 5.41) is 15.1. The predicted molar refractivity (Wildman–Crippen MR) is 131 cm³/mol. The van der Waals surface area contributed by atoms with Gasteiger partial charge in [-0.3, -0.25) is 4.79 Å². The van der Waals surface area contributed by atoms with Crippen molar-refractivity contribution in [1.82, 2.24) is 9.88 Å². The Morgan fingerprint density at radius 2 is 1.94 bits per heavy atom. The minimum Gasteiger partial charge on any atom is -0.477 e. The normalized spacial score (nSPS) is 20.5. The fraction of sp³-hybridized carbons (Fsp3) is 0.259. The Morgan fingerprint density at radius 3 is 2.71 bits per heavy atom. The number of anilines is 1. The summed E-state index contributed by atoms with van der Waals surface area (Å²) in [6.45, 7) is 2.29. The van der Waals surface area contributed by atoms with E-state index in [4.69, 9.17) is 4.74 Å². The van der Waals surface area contributed by atoms with Gasteiger partial charge in [0.25, 0.3) is 0 Å². The third-order valence-electron chi connectivity index (χ3n) is 7.62. The summed E-state index contributed by atoms with van der Waals surface area (Å²) < 4.78 is 23.8. The van der Waals surface area contributed by atoms with Gasteiger partial charge in [0, 0.05) is 25.3 Å². The molecule has 7 rings (SSSR count). The van der Waals surface area contributed by atoms with E-state index in [9.17, 15) is 14.7 Å². The Hall–Kier alpha value is -3.91. The first-order chi connectivity index (χ1) is 17.0. The molecule has 3 aliphatic heterocycles. The number of carboxylic acids is 1. The molecule has 2 unspecified atom stereocenters. The van der Waals surface area contributed by atoms with Gasteiger partial charge >= 0.3 is 5.97 Å². The Morgan fingerprint density at radius 1 is 1.14 bits per heavy atom. The smallest absolute Gasteiger partial charge is 0.341 e. The van der Waals surface area contributed by atoms with Gasteiger partial charge in [-0.2, -0.15) is 0 Å². The molecule has 4 aromatic rings. The number of halogens is 1. The molecular formula is C27H22FN3O4. The van der Waals surface area contributed by atoms with E-state index in [1.165, 1.54) is 12.3 Å². The lowest BCUT2D eigenvalue weighted by Gasteiger charge is -2.29. The van der Waals surface area contributed by atoms with E-state index in [1.54, 1.807) is 4.57 Å². The van der Waals surface area contributed by atoms with Gasteiger partial charge < -0.3 is 24.6 Å². The molecule has 2 atom stereocenters. The highest BCUT2D eigenvalue weighted by atomic mass is 19.1. The van der Waals surface area contributed by atoms with Gasteiger partial charge in [-0.1, -0.05) is 24.3 Å². The Balaban J connectivity index is 1.53. The molecule has 0 spiro atoms. The van der Waals surface area contributed by atoms with Crippen molar-refractivity contribution >= 4 is 33.3 Å². The van der Waals surface area contributed by atoms with Crippen molar-refractivity contribution < 1.29 is 19.0 Å². The molecule has 2 N–H and O–H groups in total. The van der Waals surface area contributed by atoms with Crippen LogP contribution in [0.15, 0.2) is 53.5 Å². The van der Waals surface area contributed by atoms with Gasteiger partial charge in [0.2, 0.25) is 5.43 Å². The zero-order chi connectivity index (χ0) is 23.8. The van der Waals surface area contributed by atoms with Gasteiger partial charge in [-0.25, -0.2) is 9.18 Å². The van der Waals surface area contributed by atoms with Crippen LogP contribution in [-0.4, -0.2) is 41.3 Å².